The minimum Gasteiger partial charge on any atom is -0.399 e. The van der Waals surface area contributed by atoms with Crippen LogP contribution in [0.4, 0.5) is 5.69 Å². The van der Waals surface area contributed by atoms with Crippen molar-refractivity contribution in [3.63, 3.8) is 0 Å². The van der Waals surface area contributed by atoms with Gasteiger partial charge in [-0.1, -0.05) is 6.07 Å². The number of ether oxygens (including phenoxy) is 1. The van der Waals surface area contributed by atoms with Gasteiger partial charge in [0.15, 0.2) is 0 Å². The number of nitrogens with one attached hydrogen (secondary N) is 1. The topological polar surface area (TPSA) is 64.3 Å². The van der Waals surface area contributed by atoms with Crippen molar-refractivity contribution in [3.8, 4) is 0 Å². The number of nitrogen functional groups attached to an aromatic ring is 1. The van der Waals surface area contributed by atoms with E-state index in [0.717, 1.165) is 31.4 Å². The van der Waals surface area contributed by atoms with Gasteiger partial charge in [-0.15, -0.1) is 12.4 Å². The molecule has 0 aliphatic heterocycles. The first-order chi connectivity index (χ1) is 9.20. The molecule has 1 unspecified atom stereocenters. The van der Waals surface area contributed by atoms with E-state index in [0.29, 0.717) is 13.0 Å². The molecule has 112 valence electrons. The number of hydrogen-bond donors (Lipinski definition) is 2. The minimum atomic E-state index is 0. The number of fused-ring (bicyclic) bond motifs is 1. The highest BCUT2D eigenvalue weighted by Crippen LogP contribution is 2.30. The van der Waals surface area contributed by atoms with Crippen LogP contribution in [0.15, 0.2) is 18.2 Å². The van der Waals surface area contributed by atoms with Crippen molar-refractivity contribution in [3.05, 3.63) is 29.3 Å². The number of methoxy groups -OCH3 is 1. The van der Waals surface area contributed by atoms with Gasteiger partial charge in [-0.3, -0.25) is 4.79 Å². The monoisotopic (exact) mass is 298 g/mol. The minimum absolute atomic E-state index is 0. The quantitative estimate of drug-likeness (QED) is 0.649. The van der Waals surface area contributed by atoms with Crippen LogP contribution in [0.5, 0.6) is 0 Å². The van der Waals surface area contributed by atoms with E-state index in [2.05, 4.69) is 5.32 Å². The zero-order valence-corrected chi connectivity index (χ0v) is 12.7. The molecule has 2 rings (SSSR count). The molecule has 0 spiro atoms. The number of carbonyl (C=O) groups excluding carboxylic acids is 1. The molecule has 5 heteroatoms. The fourth-order valence-electron chi connectivity index (χ4n) is 2.63. The van der Waals surface area contributed by atoms with Gasteiger partial charge in [0.1, 0.15) is 0 Å². The molecule has 0 fully saturated rings. The van der Waals surface area contributed by atoms with Gasteiger partial charge in [0.25, 0.3) is 0 Å². The summed E-state index contributed by atoms with van der Waals surface area (Å²) >= 11 is 0. The van der Waals surface area contributed by atoms with E-state index in [1.54, 1.807) is 7.11 Å². The number of amides is 1. The Labute approximate surface area is 126 Å². The van der Waals surface area contributed by atoms with Gasteiger partial charge in [0.05, 0.1) is 6.04 Å². The number of carbonyl (C=O) groups is 1. The van der Waals surface area contributed by atoms with Crippen LogP contribution < -0.4 is 11.1 Å². The Morgan fingerprint density at radius 1 is 1.50 bits per heavy atom. The second-order valence-electron chi connectivity index (χ2n) is 5.07. The highest BCUT2D eigenvalue weighted by molar-refractivity contribution is 5.85. The lowest BCUT2D eigenvalue weighted by atomic mass is 9.87. The molecule has 0 bridgehead atoms. The molecule has 1 amide bonds. The van der Waals surface area contributed by atoms with Crippen molar-refractivity contribution >= 4 is 24.0 Å². The molecule has 1 aromatic carbocycles. The van der Waals surface area contributed by atoms with Crippen LogP contribution in [0.2, 0.25) is 0 Å². The molecule has 1 aliphatic carbocycles. The van der Waals surface area contributed by atoms with Crippen LogP contribution in [0.25, 0.3) is 0 Å². The van der Waals surface area contributed by atoms with Gasteiger partial charge in [-0.05, 0) is 48.9 Å². The van der Waals surface area contributed by atoms with Crippen LogP contribution in [-0.2, 0) is 16.0 Å². The lowest BCUT2D eigenvalue weighted by Crippen LogP contribution is -2.31. The smallest absolute Gasteiger partial charge is 0.220 e. The summed E-state index contributed by atoms with van der Waals surface area (Å²) in [4.78, 5) is 11.9. The third kappa shape index (κ3) is 4.39. The molecule has 0 saturated carbocycles. The molecular weight excluding hydrogens is 276 g/mol. The number of aryl methyl sites for hydroxylation is 1. The lowest BCUT2D eigenvalue weighted by Gasteiger charge is -2.26. The average molecular weight is 299 g/mol. The molecule has 1 atom stereocenters. The summed E-state index contributed by atoms with van der Waals surface area (Å²) in [7, 11) is 1.65. The third-order valence-corrected chi connectivity index (χ3v) is 3.57. The summed E-state index contributed by atoms with van der Waals surface area (Å²) in [5, 5.41) is 3.12. The molecule has 4 nitrogen and oxygen atoms in total. The van der Waals surface area contributed by atoms with Gasteiger partial charge >= 0.3 is 0 Å². The maximum absolute atomic E-state index is 11.9. The summed E-state index contributed by atoms with van der Waals surface area (Å²) in [6, 6.07) is 6.12. The Morgan fingerprint density at radius 3 is 3.05 bits per heavy atom. The Morgan fingerprint density at radius 2 is 2.30 bits per heavy atom. The van der Waals surface area contributed by atoms with E-state index in [4.69, 9.17) is 10.5 Å². The fourth-order valence-corrected chi connectivity index (χ4v) is 2.63. The summed E-state index contributed by atoms with van der Waals surface area (Å²) in [5.41, 5.74) is 9.10. The largest absolute Gasteiger partial charge is 0.399 e. The Balaban J connectivity index is 0.00000200. The highest BCUT2D eigenvalue weighted by atomic mass is 35.5. The van der Waals surface area contributed by atoms with E-state index in [1.165, 1.54) is 11.1 Å². The first-order valence-electron chi connectivity index (χ1n) is 6.87. The Hall–Kier alpha value is -1.26. The number of nitrogens with two attached hydrogens (primary N) is 1. The van der Waals surface area contributed by atoms with Crippen LogP contribution in [0.1, 0.15) is 42.9 Å². The predicted molar refractivity (Wildman–Crippen MR) is 83.0 cm³/mol. The van der Waals surface area contributed by atoms with Gasteiger partial charge in [-0.25, -0.2) is 0 Å². The van der Waals surface area contributed by atoms with E-state index in [-0.39, 0.29) is 24.4 Å². The maximum atomic E-state index is 11.9. The van der Waals surface area contributed by atoms with Crippen molar-refractivity contribution in [2.45, 2.75) is 38.1 Å². The number of rotatable bonds is 5. The van der Waals surface area contributed by atoms with Gasteiger partial charge in [0.2, 0.25) is 5.91 Å². The molecule has 0 heterocycles. The van der Waals surface area contributed by atoms with Crippen LogP contribution in [0, 0.1) is 0 Å². The van der Waals surface area contributed by atoms with Crippen molar-refractivity contribution in [2.24, 2.45) is 0 Å². The van der Waals surface area contributed by atoms with Gasteiger partial charge < -0.3 is 15.8 Å². The van der Waals surface area contributed by atoms with Crippen molar-refractivity contribution < 1.29 is 9.53 Å². The fraction of sp³-hybridized carbons (Fsp3) is 0.533. The van der Waals surface area contributed by atoms with Crippen LogP contribution in [-0.4, -0.2) is 19.6 Å². The number of hydrogen-bond acceptors (Lipinski definition) is 3. The molecule has 0 radical (unpaired) electrons. The highest BCUT2D eigenvalue weighted by Gasteiger charge is 2.21. The predicted octanol–water partition coefficient (Wildman–Crippen LogP) is 2.61. The second-order valence-corrected chi connectivity index (χ2v) is 5.07. The van der Waals surface area contributed by atoms with Crippen molar-refractivity contribution in [2.75, 3.05) is 19.5 Å². The van der Waals surface area contributed by atoms with E-state index in [9.17, 15) is 4.79 Å². The summed E-state index contributed by atoms with van der Waals surface area (Å²) in [5.74, 6) is 0.103. The number of benzene rings is 1. The molecule has 20 heavy (non-hydrogen) atoms. The molecule has 1 aromatic rings. The normalized spacial score (nSPS) is 16.9. The maximum Gasteiger partial charge on any atom is 0.220 e. The SMILES string of the molecule is COCCCC(=O)NC1CCCc2cc(N)ccc21.Cl. The van der Waals surface area contributed by atoms with Gasteiger partial charge in [0, 0.05) is 25.8 Å². The second kappa shape index (κ2) is 8.12. The van der Waals surface area contributed by atoms with Crippen LogP contribution >= 0.6 is 12.4 Å². The summed E-state index contributed by atoms with van der Waals surface area (Å²) < 4.78 is 4.96. The van der Waals surface area contributed by atoms with Crippen molar-refractivity contribution in [1.29, 1.82) is 0 Å². The first-order valence-corrected chi connectivity index (χ1v) is 6.87. The molecule has 1 aliphatic rings. The number of anilines is 1. The summed E-state index contributed by atoms with van der Waals surface area (Å²) in [6.07, 6.45) is 4.45. The summed E-state index contributed by atoms with van der Waals surface area (Å²) in [6.45, 7) is 0.630. The standard InChI is InChI=1S/C15H22N2O2.ClH/c1-19-9-3-6-15(18)17-14-5-2-4-11-10-12(16)7-8-13(11)14;/h7-8,10,14H,2-6,9,16H2,1H3,(H,17,18);1H. The molecule has 3 N–H and O–H groups in total. The van der Waals surface area contributed by atoms with E-state index in [1.807, 2.05) is 18.2 Å². The molecule has 0 aromatic heterocycles. The average Bonchev–Trinajstić information content (AvgIpc) is 2.39. The Bertz CT molecular complexity index is 451. The zero-order chi connectivity index (χ0) is 13.7. The first kappa shape index (κ1) is 16.8. The number of halogens is 1. The van der Waals surface area contributed by atoms with Gasteiger partial charge in [-0.2, -0.15) is 0 Å². The third-order valence-electron chi connectivity index (χ3n) is 3.57. The Kier molecular flexibility index (Phi) is 6.82. The lowest BCUT2D eigenvalue weighted by molar-refractivity contribution is -0.122. The molecular formula is C15H23ClN2O2. The van der Waals surface area contributed by atoms with E-state index >= 15 is 0 Å². The van der Waals surface area contributed by atoms with Crippen molar-refractivity contribution in [1.82, 2.24) is 5.32 Å². The van der Waals surface area contributed by atoms with Crippen LogP contribution in [0.3, 0.4) is 0 Å². The zero-order valence-electron chi connectivity index (χ0n) is 11.9. The molecule has 0 saturated heterocycles. The van der Waals surface area contributed by atoms with E-state index < -0.39 is 0 Å².